The largest absolute Gasteiger partial charge is 0.387 e. The minimum Gasteiger partial charge on any atom is -0.387 e. The monoisotopic (exact) mass is 264 g/mol. The van der Waals surface area contributed by atoms with Crippen LogP contribution >= 0.6 is 11.3 Å². The molecule has 1 aliphatic rings. The molecular weight excluding hydrogens is 248 g/mol. The Labute approximate surface area is 109 Å². The van der Waals surface area contributed by atoms with Crippen molar-refractivity contribution in [1.29, 1.82) is 0 Å². The van der Waals surface area contributed by atoms with Crippen LogP contribution in [-0.4, -0.2) is 25.3 Å². The Kier molecular flexibility index (Phi) is 3.13. The predicted octanol–water partition coefficient (Wildman–Crippen LogP) is 1.43. The van der Waals surface area contributed by atoms with Gasteiger partial charge in [-0.3, -0.25) is 0 Å². The predicted molar refractivity (Wildman–Crippen MR) is 68.4 cm³/mol. The van der Waals surface area contributed by atoms with Crippen LogP contribution in [0.1, 0.15) is 40.1 Å². The molecule has 0 aliphatic heterocycles. The smallest absolute Gasteiger partial charge is 0.177 e. The van der Waals surface area contributed by atoms with Crippen molar-refractivity contribution in [1.82, 2.24) is 20.2 Å². The minimum absolute atomic E-state index is 0.438. The van der Waals surface area contributed by atoms with Gasteiger partial charge in [0.05, 0.1) is 13.2 Å². The van der Waals surface area contributed by atoms with E-state index in [-0.39, 0.29) is 0 Å². The normalized spacial score (nSPS) is 16.6. The van der Waals surface area contributed by atoms with Crippen molar-refractivity contribution in [3.05, 3.63) is 27.2 Å². The van der Waals surface area contributed by atoms with E-state index < -0.39 is 6.10 Å². The molecule has 0 bridgehead atoms. The maximum absolute atomic E-state index is 10.2. The molecule has 18 heavy (non-hydrogen) atoms. The number of hydrogen-bond acceptors (Lipinski definition) is 5. The maximum Gasteiger partial charge on any atom is 0.177 e. The summed E-state index contributed by atoms with van der Waals surface area (Å²) in [7, 11) is 1.73. The van der Waals surface area contributed by atoms with Gasteiger partial charge in [0.15, 0.2) is 5.82 Å². The maximum atomic E-state index is 10.2. The summed E-state index contributed by atoms with van der Waals surface area (Å²) in [5.41, 5.74) is 1.42. The summed E-state index contributed by atoms with van der Waals surface area (Å²) in [6, 6.07) is 2.15. The molecule has 1 atom stereocenters. The summed E-state index contributed by atoms with van der Waals surface area (Å²) in [5.74, 6) is 0.594. The summed E-state index contributed by atoms with van der Waals surface area (Å²) >= 11 is 1.74. The third kappa shape index (κ3) is 2.30. The number of fused-ring (bicyclic) bond motifs is 1. The molecule has 1 aliphatic carbocycles. The highest BCUT2D eigenvalue weighted by molar-refractivity contribution is 7.12. The average Bonchev–Trinajstić information content (AvgIpc) is 2.95. The molecule has 2 heterocycles. The van der Waals surface area contributed by atoms with Crippen LogP contribution in [-0.2, 0) is 26.3 Å². The SMILES string of the molecule is Cn1nnc(CC(O)c2cc3c(s2)CCCC3)n1. The van der Waals surface area contributed by atoms with Gasteiger partial charge in [0.2, 0.25) is 0 Å². The first kappa shape index (κ1) is 11.8. The molecule has 0 saturated carbocycles. The van der Waals surface area contributed by atoms with E-state index in [0.29, 0.717) is 12.2 Å². The summed E-state index contributed by atoms with van der Waals surface area (Å²) in [4.78, 5) is 3.90. The second-order valence-electron chi connectivity index (χ2n) is 4.72. The molecule has 1 unspecified atom stereocenters. The van der Waals surface area contributed by atoms with Gasteiger partial charge in [-0.15, -0.1) is 21.5 Å². The topological polar surface area (TPSA) is 63.8 Å². The van der Waals surface area contributed by atoms with E-state index >= 15 is 0 Å². The fourth-order valence-corrected chi connectivity index (χ4v) is 3.60. The van der Waals surface area contributed by atoms with E-state index in [9.17, 15) is 5.11 Å². The first-order chi connectivity index (χ1) is 8.72. The molecule has 96 valence electrons. The van der Waals surface area contributed by atoms with Gasteiger partial charge in [0.25, 0.3) is 0 Å². The highest BCUT2D eigenvalue weighted by Gasteiger charge is 2.19. The van der Waals surface area contributed by atoms with Gasteiger partial charge in [-0.1, -0.05) is 0 Å². The third-order valence-corrected chi connectivity index (χ3v) is 4.61. The van der Waals surface area contributed by atoms with Gasteiger partial charge in [-0.2, -0.15) is 4.80 Å². The van der Waals surface area contributed by atoms with E-state index in [0.717, 1.165) is 17.7 Å². The van der Waals surface area contributed by atoms with Gasteiger partial charge in [0.1, 0.15) is 0 Å². The average molecular weight is 264 g/mol. The zero-order valence-corrected chi connectivity index (χ0v) is 11.2. The number of tetrazole rings is 1. The van der Waals surface area contributed by atoms with Gasteiger partial charge in [0, 0.05) is 16.2 Å². The zero-order valence-electron chi connectivity index (χ0n) is 10.3. The molecule has 0 spiro atoms. The molecule has 5 nitrogen and oxygen atoms in total. The highest BCUT2D eigenvalue weighted by atomic mass is 32.1. The highest BCUT2D eigenvalue weighted by Crippen LogP contribution is 2.33. The fraction of sp³-hybridized carbons (Fsp3) is 0.583. The van der Waals surface area contributed by atoms with E-state index in [1.54, 1.807) is 18.4 Å². The van der Waals surface area contributed by atoms with Gasteiger partial charge < -0.3 is 5.11 Å². The van der Waals surface area contributed by atoms with Crippen LogP contribution in [0.2, 0.25) is 0 Å². The molecule has 3 rings (SSSR count). The molecular formula is C12H16N4OS. The molecule has 2 aromatic heterocycles. The van der Waals surface area contributed by atoms with Crippen LogP contribution < -0.4 is 0 Å². The second kappa shape index (κ2) is 4.78. The lowest BCUT2D eigenvalue weighted by Crippen LogP contribution is -2.02. The molecule has 0 radical (unpaired) electrons. The van der Waals surface area contributed by atoms with Crippen molar-refractivity contribution in [2.45, 2.75) is 38.2 Å². The van der Waals surface area contributed by atoms with Crippen LogP contribution in [0.3, 0.4) is 0 Å². The van der Waals surface area contributed by atoms with E-state index in [4.69, 9.17) is 0 Å². The summed E-state index contributed by atoms with van der Waals surface area (Å²) in [6.45, 7) is 0. The van der Waals surface area contributed by atoms with Crippen molar-refractivity contribution in [2.24, 2.45) is 7.05 Å². The van der Waals surface area contributed by atoms with E-state index in [1.807, 2.05) is 0 Å². The van der Waals surface area contributed by atoms with E-state index in [1.165, 1.54) is 28.1 Å². The fourth-order valence-electron chi connectivity index (χ4n) is 2.36. The molecule has 0 aromatic carbocycles. The Morgan fingerprint density at radius 3 is 3.00 bits per heavy atom. The molecule has 2 aromatic rings. The molecule has 1 N–H and O–H groups in total. The number of aliphatic hydroxyl groups excluding tert-OH is 1. The first-order valence-electron chi connectivity index (χ1n) is 6.25. The Balaban J connectivity index is 1.75. The van der Waals surface area contributed by atoms with Crippen LogP contribution in [0, 0.1) is 0 Å². The third-order valence-electron chi connectivity index (χ3n) is 3.27. The molecule has 0 fully saturated rings. The molecule has 0 amide bonds. The Bertz CT molecular complexity index is 525. The number of hydrogen-bond donors (Lipinski definition) is 1. The number of nitrogens with zero attached hydrogens (tertiary/aromatic N) is 4. The van der Waals surface area contributed by atoms with Crippen LogP contribution in [0.5, 0.6) is 0 Å². The van der Waals surface area contributed by atoms with Crippen LogP contribution in [0.4, 0.5) is 0 Å². The standard InChI is InChI=1S/C12H16N4OS/c1-16-14-12(13-15-16)7-9(17)11-6-8-4-2-3-5-10(8)18-11/h6,9,17H,2-5,7H2,1H3. The zero-order chi connectivity index (χ0) is 12.5. The summed E-state index contributed by atoms with van der Waals surface area (Å²) in [5, 5.41) is 22.0. The van der Waals surface area contributed by atoms with E-state index in [2.05, 4.69) is 21.5 Å². The second-order valence-corrected chi connectivity index (χ2v) is 5.89. The minimum atomic E-state index is -0.509. The number of aliphatic hydroxyl groups is 1. The van der Waals surface area contributed by atoms with Gasteiger partial charge in [-0.05, 0) is 42.5 Å². The van der Waals surface area contributed by atoms with Gasteiger partial charge >= 0.3 is 0 Å². The molecule has 6 heteroatoms. The first-order valence-corrected chi connectivity index (χ1v) is 7.06. The lowest BCUT2D eigenvalue weighted by molar-refractivity contribution is 0.179. The Hall–Kier alpha value is -1.27. The van der Waals surface area contributed by atoms with Crippen molar-refractivity contribution in [2.75, 3.05) is 0 Å². The lowest BCUT2D eigenvalue weighted by Gasteiger charge is -2.08. The van der Waals surface area contributed by atoms with Gasteiger partial charge in [-0.25, -0.2) is 0 Å². The van der Waals surface area contributed by atoms with Crippen molar-refractivity contribution in [3.63, 3.8) is 0 Å². The van der Waals surface area contributed by atoms with Crippen LogP contribution in [0.25, 0.3) is 0 Å². The molecule has 0 saturated heterocycles. The Morgan fingerprint density at radius 2 is 2.28 bits per heavy atom. The lowest BCUT2D eigenvalue weighted by atomic mass is 9.99. The summed E-state index contributed by atoms with van der Waals surface area (Å²) in [6.07, 6.45) is 4.79. The number of aryl methyl sites for hydroxylation is 3. The Morgan fingerprint density at radius 1 is 1.44 bits per heavy atom. The van der Waals surface area contributed by atoms with Crippen molar-refractivity contribution < 1.29 is 5.11 Å². The van der Waals surface area contributed by atoms with Crippen molar-refractivity contribution in [3.8, 4) is 0 Å². The summed E-state index contributed by atoms with van der Waals surface area (Å²) < 4.78 is 0. The van der Waals surface area contributed by atoms with Crippen molar-refractivity contribution >= 4 is 11.3 Å². The number of thiophene rings is 1. The quantitative estimate of drug-likeness (QED) is 0.911. The number of rotatable bonds is 3. The number of aromatic nitrogens is 4. The van der Waals surface area contributed by atoms with Crippen LogP contribution in [0.15, 0.2) is 6.07 Å².